The molecule has 3 N–H and O–H groups in total. The Bertz CT molecular complexity index is 542. The zero-order valence-corrected chi connectivity index (χ0v) is 13.0. The molecule has 1 aliphatic rings. The summed E-state index contributed by atoms with van der Waals surface area (Å²) in [5.74, 6) is -1.40. The molecule has 1 heterocycles. The molecule has 0 unspecified atom stereocenters. The number of anilines is 1. The first-order chi connectivity index (χ1) is 9.97. The second-order valence-corrected chi connectivity index (χ2v) is 5.77. The molecule has 0 saturated carbocycles. The Morgan fingerprint density at radius 1 is 1.38 bits per heavy atom. The summed E-state index contributed by atoms with van der Waals surface area (Å²) >= 11 is 3.35. The van der Waals surface area contributed by atoms with E-state index in [0.717, 1.165) is 31.6 Å². The van der Waals surface area contributed by atoms with Crippen molar-refractivity contribution in [2.45, 2.75) is 18.9 Å². The van der Waals surface area contributed by atoms with Crippen LogP contribution in [0.15, 0.2) is 22.7 Å². The number of hydrogen-bond donors (Lipinski definition) is 2. The third kappa shape index (κ3) is 4.18. The lowest BCUT2D eigenvalue weighted by Crippen LogP contribution is -2.37. The zero-order chi connectivity index (χ0) is 15.4. The van der Waals surface area contributed by atoms with Crippen LogP contribution in [0.2, 0.25) is 0 Å². The maximum Gasteiger partial charge on any atom is 0.329 e. The standard InChI is InChI=1S/C14H17BrN2O4/c15-12-7-9(1-2-11(12)14(16)20)17-5-3-10(4-6-17)21-8-13(18)19/h1-2,7,10H,3-6,8H2,(H2,16,20)(H,18,19). The summed E-state index contributed by atoms with van der Waals surface area (Å²) in [6, 6.07) is 5.44. The lowest BCUT2D eigenvalue weighted by atomic mass is 10.1. The van der Waals surface area contributed by atoms with Crippen molar-refractivity contribution in [3.8, 4) is 0 Å². The van der Waals surface area contributed by atoms with Gasteiger partial charge >= 0.3 is 5.97 Å². The topological polar surface area (TPSA) is 92.9 Å². The summed E-state index contributed by atoms with van der Waals surface area (Å²) < 4.78 is 5.98. The first kappa shape index (κ1) is 15.8. The number of piperidine rings is 1. The highest BCUT2D eigenvalue weighted by molar-refractivity contribution is 9.10. The van der Waals surface area contributed by atoms with Crippen molar-refractivity contribution >= 4 is 33.5 Å². The van der Waals surface area contributed by atoms with E-state index in [2.05, 4.69) is 20.8 Å². The fourth-order valence-electron chi connectivity index (χ4n) is 2.37. The summed E-state index contributed by atoms with van der Waals surface area (Å²) in [5, 5.41) is 8.60. The van der Waals surface area contributed by atoms with Crippen LogP contribution in [-0.4, -0.2) is 42.8 Å². The number of ether oxygens (including phenoxy) is 1. The lowest BCUT2D eigenvalue weighted by molar-refractivity contribution is -0.144. The minimum Gasteiger partial charge on any atom is -0.480 e. The van der Waals surface area contributed by atoms with Gasteiger partial charge in [-0.25, -0.2) is 4.79 Å². The Morgan fingerprint density at radius 2 is 2.05 bits per heavy atom. The van der Waals surface area contributed by atoms with Gasteiger partial charge in [-0.05, 0) is 47.0 Å². The van der Waals surface area contributed by atoms with Crippen LogP contribution in [0.5, 0.6) is 0 Å². The van der Waals surface area contributed by atoms with E-state index in [-0.39, 0.29) is 12.7 Å². The van der Waals surface area contributed by atoms with E-state index in [1.165, 1.54) is 0 Å². The number of rotatable bonds is 5. The summed E-state index contributed by atoms with van der Waals surface area (Å²) in [7, 11) is 0. The summed E-state index contributed by atoms with van der Waals surface area (Å²) in [4.78, 5) is 23.8. The first-order valence-electron chi connectivity index (χ1n) is 6.65. The molecule has 7 heteroatoms. The predicted octanol–water partition coefficient (Wildman–Crippen LogP) is 1.62. The fraction of sp³-hybridized carbons (Fsp3) is 0.429. The molecule has 1 saturated heterocycles. The number of carbonyl (C=O) groups excluding carboxylic acids is 1. The van der Waals surface area contributed by atoms with Gasteiger partial charge in [0.05, 0.1) is 11.7 Å². The van der Waals surface area contributed by atoms with Crippen LogP contribution in [0.25, 0.3) is 0 Å². The number of carboxylic acids is 1. The molecule has 2 rings (SSSR count). The van der Waals surface area contributed by atoms with E-state index in [1.54, 1.807) is 6.07 Å². The minimum absolute atomic E-state index is 0.00863. The van der Waals surface area contributed by atoms with Crippen molar-refractivity contribution in [3.63, 3.8) is 0 Å². The lowest BCUT2D eigenvalue weighted by Gasteiger charge is -2.33. The fourth-order valence-corrected chi connectivity index (χ4v) is 2.93. The predicted molar refractivity (Wildman–Crippen MR) is 81.5 cm³/mol. The quantitative estimate of drug-likeness (QED) is 0.835. The number of nitrogens with zero attached hydrogens (tertiary/aromatic N) is 1. The van der Waals surface area contributed by atoms with Gasteiger partial charge in [0.1, 0.15) is 6.61 Å². The van der Waals surface area contributed by atoms with Crippen molar-refractivity contribution in [1.29, 1.82) is 0 Å². The van der Waals surface area contributed by atoms with Crippen molar-refractivity contribution in [2.75, 3.05) is 24.6 Å². The molecule has 1 amide bonds. The highest BCUT2D eigenvalue weighted by Gasteiger charge is 2.21. The van der Waals surface area contributed by atoms with Gasteiger partial charge in [0.15, 0.2) is 0 Å². The number of carbonyl (C=O) groups is 2. The zero-order valence-electron chi connectivity index (χ0n) is 11.4. The van der Waals surface area contributed by atoms with Crippen LogP contribution in [-0.2, 0) is 9.53 Å². The third-order valence-corrected chi connectivity index (χ3v) is 4.12. The van der Waals surface area contributed by atoms with E-state index >= 15 is 0 Å². The number of aliphatic carboxylic acids is 1. The summed E-state index contributed by atoms with van der Waals surface area (Å²) in [6.45, 7) is 1.32. The third-order valence-electron chi connectivity index (χ3n) is 3.47. The van der Waals surface area contributed by atoms with Gasteiger partial charge in [-0.1, -0.05) is 0 Å². The van der Waals surface area contributed by atoms with Crippen LogP contribution in [0, 0.1) is 0 Å². The molecule has 0 atom stereocenters. The van der Waals surface area contributed by atoms with Gasteiger partial charge in [-0.3, -0.25) is 4.79 Å². The van der Waals surface area contributed by atoms with Gasteiger partial charge < -0.3 is 20.5 Å². The molecule has 1 aromatic rings. The van der Waals surface area contributed by atoms with Crippen molar-refractivity contribution in [2.24, 2.45) is 5.73 Å². The number of nitrogens with two attached hydrogens (primary N) is 1. The van der Waals surface area contributed by atoms with E-state index in [4.69, 9.17) is 15.6 Å². The molecular formula is C14H17BrN2O4. The van der Waals surface area contributed by atoms with Crippen molar-refractivity contribution in [1.82, 2.24) is 0 Å². The van der Waals surface area contributed by atoms with Crippen LogP contribution < -0.4 is 10.6 Å². The number of primary amides is 1. The van der Waals surface area contributed by atoms with E-state index in [9.17, 15) is 9.59 Å². The Balaban J connectivity index is 1.94. The van der Waals surface area contributed by atoms with Crippen molar-refractivity contribution < 1.29 is 19.4 Å². The molecule has 0 aromatic heterocycles. The first-order valence-corrected chi connectivity index (χ1v) is 7.44. The highest BCUT2D eigenvalue weighted by atomic mass is 79.9. The molecule has 114 valence electrons. The molecule has 21 heavy (non-hydrogen) atoms. The monoisotopic (exact) mass is 356 g/mol. The number of halogens is 1. The van der Waals surface area contributed by atoms with E-state index in [1.807, 2.05) is 12.1 Å². The molecule has 0 spiro atoms. The SMILES string of the molecule is NC(=O)c1ccc(N2CCC(OCC(=O)O)CC2)cc1Br. The van der Waals surface area contributed by atoms with Gasteiger partial charge in [-0.15, -0.1) is 0 Å². The number of hydrogen-bond acceptors (Lipinski definition) is 4. The Morgan fingerprint density at radius 3 is 2.57 bits per heavy atom. The minimum atomic E-state index is -0.941. The molecule has 1 aromatic carbocycles. The van der Waals surface area contributed by atoms with Gasteiger partial charge in [0.2, 0.25) is 5.91 Å². The maximum atomic E-state index is 11.2. The smallest absolute Gasteiger partial charge is 0.329 e. The van der Waals surface area contributed by atoms with Crippen LogP contribution in [0.4, 0.5) is 5.69 Å². The Kier molecular flexibility index (Phi) is 5.19. The molecule has 1 aliphatic heterocycles. The number of carboxylic acid groups (broad SMARTS) is 1. The van der Waals surface area contributed by atoms with Gasteiger partial charge in [0.25, 0.3) is 0 Å². The van der Waals surface area contributed by atoms with Crippen LogP contribution in [0.1, 0.15) is 23.2 Å². The second kappa shape index (κ2) is 6.91. The Labute approximate surface area is 131 Å². The number of benzene rings is 1. The second-order valence-electron chi connectivity index (χ2n) is 4.92. The maximum absolute atomic E-state index is 11.2. The van der Waals surface area contributed by atoms with Crippen LogP contribution in [0.3, 0.4) is 0 Å². The highest BCUT2D eigenvalue weighted by Crippen LogP contribution is 2.26. The average Bonchev–Trinajstić information content (AvgIpc) is 2.45. The Hall–Kier alpha value is -1.60. The molecule has 0 aliphatic carbocycles. The van der Waals surface area contributed by atoms with E-state index in [0.29, 0.717) is 10.0 Å². The molecular weight excluding hydrogens is 340 g/mol. The van der Waals surface area contributed by atoms with Crippen LogP contribution >= 0.6 is 15.9 Å². The molecule has 0 radical (unpaired) electrons. The van der Waals surface area contributed by atoms with E-state index < -0.39 is 11.9 Å². The summed E-state index contributed by atoms with van der Waals surface area (Å²) in [5.41, 5.74) is 6.73. The number of amides is 1. The molecule has 0 bridgehead atoms. The normalized spacial score (nSPS) is 16.0. The molecule has 6 nitrogen and oxygen atoms in total. The van der Waals surface area contributed by atoms with Gasteiger partial charge in [-0.2, -0.15) is 0 Å². The van der Waals surface area contributed by atoms with Gasteiger partial charge in [0, 0.05) is 23.2 Å². The summed E-state index contributed by atoms with van der Waals surface area (Å²) in [6.07, 6.45) is 1.55. The van der Waals surface area contributed by atoms with Crippen molar-refractivity contribution in [3.05, 3.63) is 28.2 Å². The average molecular weight is 357 g/mol. The molecule has 1 fully saturated rings. The largest absolute Gasteiger partial charge is 0.480 e.